The van der Waals surface area contributed by atoms with Crippen LogP contribution in [0, 0.1) is 10.1 Å². The number of nitro groups is 1. The second kappa shape index (κ2) is 8.22. The zero-order valence-electron chi connectivity index (χ0n) is 13.5. The van der Waals surface area contributed by atoms with E-state index in [9.17, 15) is 24.5 Å². The number of likely N-dealkylation sites (tertiary alicyclic amines) is 1. The molecule has 1 heterocycles. The van der Waals surface area contributed by atoms with E-state index in [-0.39, 0.29) is 30.1 Å². The van der Waals surface area contributed by atoms with Gasteiger partial charge in [-0.2, -0.15) is 0 Å². The lowest BCUT2D eigenvalue weighted by Crippen LogP contribution is -2.48. The van der Waals surface area contributed by atoms with Crippen molar-refractivity contribution in [2.24, 2.45) is 0 Å². The molecule has 1 aliphatic heterocycles. The van der Waals surface area contributed by atoms with E-state index in [1.54, 1.807) is 0 Å². The molecule has 0 spiro atoms. The molecule has 2 rings (SSSR count). The summed E-state index contributed by atoms with van der Waals surface area (Å²) in [6.45, 7) is 0.476. The number of piperidine rings is 1. The van der Waals surface area contributed by atoms with Crippen molar-refractivity contribution in [2.75, 3.05) is 13.1 Å². The van der Waals surface area contributed by atoms with Crippen molar-refractivity contribution in [3.8, 4) is 0 Å². The number of carboxylic acid groups (broad SMARTS) is 1. The highest BCUT2D eigenvalue weighted by Crippen LogP contribution is 2.18. The van der Waals surface area contributed by atoms with Gasteiger partial charge in [0.25, 0.3) is 11.6 Å². The van der Waals surface area contributed by atoms with Crippen molar-refractivity contribution in [1.29, 1.82) is 0 Å². The molecule has 1 aliphatic rings. The number of carboxylic acids is 1. The van der Waals surface area contributed by atoms with Crippen molar-refractivity contribution in [3.05, 3.63) is 39.9 Å². The molecule has 1 atom stereocenters. The van der Waals surface area contributed by atoms with Gasteiger partial charge in [-0.3, -0.25) is 19.7 Å². The Bertz CT molecular complexity index is 673. The first kappa shape index (κ1) is 18.4. The number of aliphatic carboxylic acids is 1. The number of nitro benzene ring substituents is 1. The average molecular weight is 349 g/mol. The molecule has 0 aromatic heterocycles. The first-order chi connectivity index (χ1) is 11.9. The van der Waals surface area contributed by atoms with Crippen LogP contribution in [-0.4, -0.2) is 51.8 Å². The zero-order valence-corrected chi connectivity index (χ0v) is 13.5. The van der Waals surface area contributed by atoms with Crippen LogP contribution < -0.4 is 5.32 Å². The molecule has 1 fully saturated rings. The lowest BCUT2D eigenvalue weighted by atomic mass is 10.0. The Morgan fingerprint density at radius 2 is 1.92 bits per heavy atom. The fourth-order valence-corrected chi connectivity index (χ4v) is 2.75. The molecular weight excluding hydrogens is 330 g/mol. The van der Waals surface area contributed by atoms with Crippen LogP contribution in [0.25, 0.3) is 0 Å². The molecule has 1 aromatic rings. The Hall–Kier alpha value is -2.97. The first-order valence-electron chi connectivity index (χ1n) is 7.95. The van der Waals surface area contributed by atoms with Crippen LogP contribution in [0.3, 0.4) is 0 Å². The minimum atomic E-state index is -1.01. The first-order valence-corrected chi connectivity index (χ1v) is 7.95. The highest BCUT2D eigenvalue weighted by molar-refractivity contribution is 5.94. The molecule has 0 bridgehead atoms. The summed E-state index contributed by atoms with van der Waals surface area (Å²) in [5, 5.41) is 22.3. The van der Waals surface area contributed by atoms with Gasteiger partial charge < -0.3 is 15.3 Å². The maximum Gasteiger partial charge on any atom is 0.326 e. The van der Waals surface area contributed by atoms with Crippen LogP contribution in [-0.2, 0) is 9.59 Å². The minimum absolute atomic E-state index is 0.00248. The molecule has 0 saturated carbocycles. The van der Waals surface area contributed by atoms with E-state index in [0.717, 1.165) is 12.8 Å². The Labute approximate surface area is 143 Å². The normalized spacial score (nSPS) is 17.0. The van der Waals surface area contributed by atoms with Gasteiger partial charge in [0.15, 0.2) is 0 Å². The number of hydrogen-bond donors (Lipinski definition) is 2. The van der Waals surface area contributed by atoms with Crippen molar-refractivity contribution >= 4 is 23.5 Å². The number of amides is 2. The summed E-state index contributed by atoms with van der Waals surface area (Å²) in [5.41, 5.74) is 0.135. The standard InChI is InChI=1S/C16H19N3O6/c20-14(18-10-2-1-3-13(18)16(22)23)8-9-17-15(21)11-4-6-12(7-5-11)19(24)25/h4-7,13H,1-3,8-10H2,(H,17,21)(H,22,23)/t13-/m1/s1. The monoisotopic (exact) mass is 349 g/mol. The van der Waals surface area contributed by atoms with Gasteiger partial charge in [-0.25, -0.2) is 4.79 Å². The molecule has 9 heteroatoms. The number of rotatable bonds is 6. The molecule has 1 aromatic carbocycles. The van der Waals surface area contributed by atoms with Gasteiger partial charge in [0.05, 0.1) is 4.92 Å². The van der Waals surface area contributed by atoms with Crippen LogP contribution >= 0.6 is 0 Å². The van der Waals surface area contributed by atoms with Gasteiger partial charge in [-0.05, 0) is 31.4 Å². The largest absolute Gasteiger partial charge is 0.480 e. The van der Waals surface area contributed by atoms with Gasteiger partial charge in [0.1, 0.15) is 6.04 Å². The summed E-state index contributed by atoms with van der Waals surface area (Å²) in [6, 6.07) is 4.32. The zero-order chi connectivity index (χ0) is 18.4. The molecule has 2 amide bonds. The molecular formula is C16H19N3O6. The second-order valence-electron chi connectivity index (χ2n) is 5.75. The Morgan fingerprint density at radius 3 is 2.52 bits per heavy atom. The molecule has 2 N–H and O–H groups in total. The number of hydrogen-bond acceptors (Lipinski definition) is 5. The van der Waals surface area contributed by atoms with Crippen molar-refractivity contribution < 1.29 is 24.4 Å². The minimum Gasteiger partial charge on any atom is -0.480 e. The van der Waals surface area contributed by atoms with E-state index in [2.05, 4.69) is 5.32 Å². The van der Waals surface area contributed by atoms with Gasteiger partial charge >= 0.3 is 5.97 Å². The lowest BCUT2D eigenvalue weighted by molar-refractivity contribution is -0.384. The highest BCUT2D eigenvalue weighted by atomic mass is 16.6. The van der Waals surface area contributed by atoms with Gasteiger partial charge in [-0.1, -0.05) is 0 Å². The summed E-state index contributed by atoms with van der Waals surface area (Å²) in [5.74, 6) is -1.77. The van der Waals surface area contributed by atoms with Crippen LogP contribution in [0.5, 0.6) is 0 Å². The smallest absolute Gasteiger partial charge is 0.326 e. The number of nitrogens with one attached hydrogen (secondary N) is 1. The molecule has 0 radical (unpaired) electrons. The van der Waals surface area contributed by atoms with E-state index >= 15 is 0 Å². The lowest BCUT2D eigenvalue weighted by Gasteiger charge is -2.33. The van der Waals surface area contributed by atoms with Crippen molar-refractivity contribution in [1.82, 2.24) is 10.2 Å². The van der Waals surface area contributed by atoms with E-state index < -0.39 is 22.8 Å². The third kappa shape index (κ3) is 4.75. The predicted octanol–water partition coefficient (Wildman–Crippen LogP) is 1.18. The molecule has 1 saturated heterocycles. The van der Waals surface area contributed by atoms with E-state index in [0.29, 0.717) is 13.0 Å². The Morgan fingerprint density at radius 1 is 1.24 bits per heavy atom. The molecule has 134 valence electrons. The number of nitrogens with zero attached hydrogens (tertiary/aromatic N) is 2. The van der Waals surface area contributed by atoms with E-state index in [1.165, 1.54) is 29.2 Å². The summed E-state index contributed by atoms with van der Waals surface area (Å²) >= 11 is 0. The van der Waals surface area contributed by atoms with Crippen LogP contribution in [0.2, 0.25) is 0 Å². The summed E-state index contributed by atoms with van der Waals surface area (Å²) in [6.07, 6.45) is 1.99. The fraction of sp³-hybridized carbons (Fsp3) is 0.438. The maximum absolute atomic E-state index is 12.2. The number of non-ortho nitro benzene ring substituents is 1. The number of carbonyl (C=O) groups excluding carboxylic acids is 2. The quantitative estimate of drug-likeness (QED) is 0.586. The van der Waals surface area contributed by atoms with E-state index in [1.807, 2.05) is 0 Å². The van der Waals surface area contributed by atoms with E-state index in [4.69, 9.17) is 5.11 Å². The summed E-state index contributed by atoms with van der Waals surface area (Å²) in [4.78, 5) is 46.7. The highest BCUT2D eigenvalue weighted by Gasteiger charge is 2.31. The Balaban J connectivity index is 1.84. The van der Waals surface area contributed by atoms with Crippen LogP contribution in [0.4, 0.5) is 5.69 Å². The topological polar surface area (TPSA) is 130 Å². The van der Waals surface area contributed by atoms with Crippen LogP contribution in [0.15, 0.2) is 24.3 Å². The second-order valence-corrected chi connectivity index (χ2v) is 5.75. The van der Waals surface area contributed by atoms with Crippen molar-refractivity contribution in [2.45, 2.75) is 31.7 Å². The van der Waals surface area contributed by atoms with Gasteiger partial charge in [-0.15, -0.1) is 0 Å². The van der Waals surface area contributed by atoms with Crippen LogP contribution in [0.1, 0.15) is 36.0 Å². The molecule has 25 heavy (non-hydrogen) atoms. The fourth-order valence-electron chi connectivity index (χ4n) is 2.75. The molecule has 9 nitrogen and oxygen atoms in total. The third-order valence-corrected chi connectivity index (χ3v) is 4.07. The van der Waals surface area contributed by atoms with Crippen molar-refractivity contribution in [3.63, 3.8) is 0 Å². The Kier molecular flexibility index (Phi) is 6.04. The number of carbonyl (C=O) groups is 3. The average Bonchev–Trinajstić information content (AvgIpc) is 2.61. The summed E-state index contributed by atoms with van der Waals surface area (Å²) < 4.78 is 0. The number of benzene rings is 1. The summed E-state index contributed by atoms with van der Waals surface area (Å²) in [7, 11) is 0. The molecule has 0 unspecified atom stereocenters. The van der Waals surface area contributed by atoms with Gasteiger partial charge in [0.2, 0.25) is 5.91 Å². The maximum atomic E-state index is 12.2. The predicted molar refractivity (Wildman–Crippen MR) is 87.0 cm³/mol. The SMILES string of the molecule is O=C(NCCC(=O)N1CCCC[C@@H]1C(=O)O)c1ccc([N+](=O)[O-])cc1. The molecule has 0 aliphatic carbocycles. The third-order valence-electron chi connectivity index (χ3n) is 4.07. The van der Waals surface area contributed by atoms with Gasteiger partial charge in [0, 0.05) is 37.2 Å².